The van der Waals surface area contributed by atoms with E-state index >= 15 is 0 Å². The van der Waals surface area contributed by atoms with Crippen LogP contribution in [0.1, 0.15) is 27.2 Å². The molecular formula is C18H11F6N3O2S. The number of halogens is 6. The molecule has 3 aromatic rings. The molecular weight excluding hydrogens is 436 g/mol. The number of aromatic nitrogens is 3. The fourth-order valence-electron chi connectivity index (χ4n) is 2.53. The number of nitrogens with zero attached hydrogens (tertiary/aromatic N) is 3. The highest BCUT2D eigenvalue weighted by atomic mass is 32.2. The quantitative estimate of drug-likeness (QED) is 0.544. The van der Waals surface area contributed by atoms with Gasteiger partial charge in [-0.05, 0) is 35.9 Å². The second-order valence-electron chi connectivity index (χ2n) is 6.04. The topological polar surface area (TPSA) is 68.0 Å². The van der Waals surface area contributed by atoms with Crippen LogP contribution in [0, 0.1) is 0 Å². The third kappa shape index (κ3) is 4.93. The molecule has 30 heavy (non-hydrogen) atoms. The van der Waals surface area contributed by atoms with Crippen LogP contribution in [0.25, 0.3) is 0 Å². The van der Waals surface area contributed by atoms with E-state index in [0.29, 0.717) is 17.0 Å². The van der Waals surface area contributed by atoms with Crippen LogP contribution in [0.4, 0.5) is 26.3 Å². The Labute approximate surface area is 169 Å². The Bertz CT molecular complexity index is 1030. The van der Waals surface area contributed by atoms with Gasteiger partial charge in [0.15, 0.2) is 0 Å². The summed E-state index contributed by atoms with van der Waals surface area (Å²) in [6, 6.07) is 9.53. The predicted molar refractivity (Wildman–Crippen MR) is 93.1 cm³/mol. The summed E-state index contributed by atoms with van der Waals surface area (Å²) in [7, 11) is 0. The molecule has 0 amide bonds. The molecule has 158 valence electrons. The van der Waals surface area contributed by atoms with E-state index in [9.17, 15) is 36.2 Å². The summed E-state index contributed by atoms with van der Waals surface area (Å²) in [5.41, 5.74) is -3.76. The number of hydrogen-bond acceptors (Lipinski definition) is 4. The zero-order valence-electron chi connectivity index (χ0n) is 14.7. The van der Waals surface area contributed by atoms with E-state index in [1.165, 1.54) is 0 Å². The minimum absolute atomic E-state index is 0.0210. The summed E-state index contributed by atoms with van der Waals surface area (Å²) in [5.74, 6) is -1.43. The number of hydrogen-bond donors (Lipinski definition) is 1. The smallest absolute Gasteiger partial charge is 0.416 e. The maximum atomic E-state index is 13.1. The third-order valence-corrected chi connectivity index (χ3v) is 4.94. The maximum Gasteiger partial charge on any atom is 0.416 e. The van der Waals surface area contributed by atoms with Gasteiger partial charge in [-0.1, -0.05) is 35.2 Å². The van der Waals surface area contributed by atoms with Gasteiger partial charge in [0.1, 0.15) is 5.03 Å². The highest BCUT2D eigenvalue weighted by molar-refractivity contribution is 7.99. The average molecular weight is 447 g/mol. The van der Waals surface area contributed by atoms with E-state index in [4.69, 9.17) is 0 Å². The molecule has 1 aromatic heterocycles. The first-order chi connectivity index (χ1) is 13.9. The van der Waals surface area contributed by atoms with Crippen molar-refractivity contribution in [1.82, 2.24) is 15.0 Å². The summed E-state index contributed by atoms with van der Waals surface area (Å²) >= 11 is 0.927. The minimum atomic E-state index is -4.99. The molecule has 0 saturated carbocycles. The van der Waals surface area contributed by atoms with Crippen molar-refractivity contribution < 1.29 is 36.2 Å². The van der Waals surface area contributed by atoms with E-state index in [0.717, 1.165) is 16.4 Å². The maximum absolute atomic E-state index is 13.1. The van der Waals surface area contributed by atoms with Gasteiger partial charge < -0.3 is 5.11 Å². The van der Waals surface area contributed by atoms with Crippen LogP contribution in [0.5, 0.6) is 0 Å². The van der Waals surface area contributed by atoms with Crippen LogP contribution in [0.15, 0.2) is 58.5 Å². The molecule has 0 atom stereocenters. The van der Waals surface area contributed by atoms with Gasteiger partial charge in [-0.2, -0.15) is 26.3 Å². The van der Waals surface area contributed by atoms with Gasteiger partial charge in [-0.25, -0.2) is 9.48 Å². The van der Waals surface area contributed by atoms with Crippen molar-refractivity contribution in [3.63, 3.8) is 0 Å². The fourth-order valence-corrected chi connectivity index (χ4v) is 3.47. The molecule has 0 radical (unpaired) electrons. The lowest BCUT2D eigenvalue weighted by atomic mass is 10.0. The van der Waals surface area contributed by atoms with Crippen LogP contribution in [-0.2, 0) is 18.9 Å². The number of aromatic carboxylic acids is 1. The molecule has 2 aromatic carbocycles. The van der Waals surface area contributed by atoms with Crippen molar-refractivity contribution in [2.24, 2.45) is 0 Å². The molecule has 0 aliphatic carbocycles. The largest absolute Gasteiger partial charge is 0.476 e. The van der Waals surface area contributed by atoms with E-state index in [1.54, 1.807) is 30.3 Å². The van der Waals surface area contributed by atoms with Gasteiger partial charge in [-0.15, -0.1) is 5.10 Å². The zero-order chi connectivity index (χ0) is 22.1. The van der Waals surface area contributed by atoms with Gasteiger partial charge in [0.2, 0.25) is 5.69 Å². The van der Waals surface area contributed by atoms with Crippen molar-refractivity contribution in [2.45, 2.75) is 28.8 Å². The SMILES string of the molecule is O=C(O)c1nnn(Cc2cc(C(F)(F)F)cc(C(F)(F)F)c2)c1Sc1ccccc1. The Balaban J connectivity index is 2.05. The number of benzene rings is 2. The Morgan fingerprint density at radius 2 is 1.53 bits per heavy atom. The monoisotopic (exact) mass is 447 g/mol. The Kier molecular flexibility index (Phi) is 5.79. The molecule has 0 bridgehead atoms. The molecule has 0 saturated heterocycles. The van der Waals surface area contributed by atoms with Gasteiger partial charge in [0.25, 0.3) is 0 Å². The first kappa shape index (κ1) is 21.7. The second kappa shape index (κ2) is 8.01. The summed E-state index contributed by atoms with van der Waals surface area (Å²) in [4.78, 5) is 12.0. The number of rotatable bonds is 5. The van der Waals surface area contributed by atoms with E-state index in [1.807, 2.05) is 0 Å². The van der Waals surface area contributed by atoms with Crippen molar-refractivity contribution in [3.8, 4) is 0 Å². The Morgan fingerprint density at radius 1 is 0.967 bits per heavy atom. The highest BCUT2D eigenvalue weighted by Gasteiger charge is 2.37. The average Bonchev–Trinajstić information content (AvgIpc) is 3.03. The van der Waals surface area contributed by atoms with Crippen molar-refractivity contribution in [1.29, 1.82) is 0 Å². The van der Waals surface area contributed by atoms with Gasteiger partial charge in [0, 0.05) is 4.90 Å². The van der Waals surface area contributed by atoms with Crippen LogP contribution < -0.4 is 0 Å². The molecule has 5 nitrogen and oxygen atoms in total. The minimum Gasteiger partial charge on any atom is -0.476 e. The summed E-state index contributed by atoms with van der Waals surface area (Å²) in [6.45, 7) is -0.539. The molecule has 0 unspecified atom stereocenters. The van der Waals surface area contributed by atoms with Crippen molar-refractivity contribution in [3.05, 3.63) is 70.9 Å². The lowest BCUT2D eigenvalue weighted by Gasteiger charge is -2.15. The standard InChI is InChI=1S/C18H11F6N3O2S/c19-17(20,21)11-6-10(7-12(8-11)18(22,23)24)9-27-15(14(16(28)29)25-26-27)30-13-4-2-1-3-5-13/h1-8H,9H2,(H,28,29). The first-order valence-corrected chi connectivity index (χ1v) is 8.95. The van der Waals surface area contributed by atoms with E-state index < -0.39 is 41.7 Å². The van der Waals surface area contributed by atoms with E-state index in [-0.39, 0.29) is 16.7 Å². The van der Waals surface area contributed by atoms with Crippen molar-refractivity contribution >= 4 is 17.7 Å². The Morgan fingerprint density at radius 3 is 2.03 bits per heavy atom. The van der Waals surface area contributed by atoms with Gasteiger partial charge in [0.05, 0.1) is 17.7 Å². The van der Waals surface area contributed by atoms with Crippen LogP contribution in [0.3, 0.4) is 0 Å². The predicted octanol–water partition coefficient (Wildman–Crippen LogP) is 5.21. The second-order valence-corrected chi connectivity index (χ2v) is 7.10. The molecule has 0 spiro atoms. The molecule has 0 fully saturated rings. The Hall–Kier alpha value is -3.02. The lowest BCUT2D eigenvalue weighted by molar-refractivity contribution is -0.143. The molecule has 1 N–H and O–H groups in total. The zero-order valence-corrected chi connectivity index (χ0v) is 15.5. The molecule has 0 aliphatic heterocycles. The number of carboxylic acids is 1. The molecule has 3 rings (SSSR count). The van der Waals surface area contributed by atoms with Gasteiger partial charge in [-0.3, -0.25) is 0 Å². The summed E-state index contributed by atoms with van der Waals surface area (Å²) < 4.78 is 79.4. The van der Waals surface area contributed by atoms with Crippen molar-refractivity contribution in [2.75, 3.05) is 0 Å². The number of carbonyl (C=O) groups is 1. The number of carboxylic acid groups (broad SMARTS) is 1. The lowest BCUT2D eigenvalue weighted by Crippen LogP contribution is -2.13. The van der Waals surface area contributed by atoms with Crippen LogP contribution >= 0.6 is 11.8 Å². The molecule has 0 aliphatic rings. The summed E-state index contributed by atoms with van der Waals surface area (Å²) in [5, 5.41) is 16.4. The molecule has 12 heteroatoms. The fraction of sp³-hybridized carbons (Fsp3) is 0.167. The third-order valence-electron chi connectivity index (χ3n) is 3.83. The van der Waals surface area contributed by atoms with Crippen LogP contribution in [-0.4, -0.2) is 26.1 Å². The number of alkyl halides is 6. The highest BCUT2D eigenvalue weighted by Crippen LogP contribution is 2.37. The first-order valence-electron chi connectivity index (χ1n) is 8.13. The van der Waals surface area contributed by atoms with E-state index in [2.05, 4.69) is 10.3 Å². The van der Waals surface area contributed by atoms with Crippen LogP contribution in [0.2, 0.25) is 0 Å². The van der Waals surface area contributed by atoms with Gasteiger partial charge >= 0.3 is 18.3 Å². The normalized spacial score (nSPS) is 12.2. The molecule has 1 heterocycles. The summed E-state index contributed by atoms with van der Waals surface area (Å²) in [6.07, 6.45) is -9.99.